The lowest BCUT2D eigenvalue weighted by molar-refractivity contribution is 0.122. The van der Waals surface area contributed by atoms with E-state index in [9.17, 15) is 0 Å². The summed E-state index contributed by atoms with van der Waals surface area (Å²) in [6.07, 6.45) is 2.08. The summed E-state index contributed by atoms with van der Waals surface area (Å²) in [5.41, 5.74) is 5.93. The van der Waals surface area contributed by atoms with Crippen LogP contribution >= 0.6 is 0 Å². The topological polar surface area (TPSA) is 43.2 Å². The van der Waals surface area contributed by atoms with Crippen molar-refractivity contribution in [1.82, 2.24) is 14.8 Å². The zero-order chi connectivity index (χ0) is 20.3. The molecule has 0 amide bonds. The molecule has 1 aliphatic rings. The van der Waals surface area contributed by atoms with E-state index in [0.717, 1.165) is 65.4 Å². The Morgan fingerprint density at radius 3 is 2.53 bits per heavy atom. The van der Waals surface area contributed by atoms with Crippen LogP contribution in [0.4, 0.5) is 5.69 Å². The van der Waals surface area contributed by atoms with E-state index in [4.69, 9.17) is 9.84 Å². The van der Waals surface area contributed by atoms with E-state index in [-0.39, 0.29) is 0 Å². The third-order valence-electron chi connectivity index (χ3n) is 5.25. The van der Waals surface area contributed by atoms with Gasteiger partial charge in [-0.15, -0.1) is 0 Å². The number of morpholine rings is 1. The highest BCUT2D eigenvalue weighted by atomic mass is 16.5. The van der Waals surface area contributed by atoms with Gasteiger partial charge in [0.05, 0.1) is 24.4 Å². The van der Waals surface area contributed by atoms with E-state index in [1.807, 2.05) is 48.1 Å². The summed E-state index contributed by atoms with van der Waals surface area (Å²) in [6, 6.07) is 20.4. The average molecular weight is 394 g/mol. The van der Waals surface area contributed by atoms with Gasteiger partial charge in [0.2, 0.25) is 0 Å². The van der Waals surface area contributed by atoms with Gasteiger partial charge in [-0.1, -0.05) is 42.3 Å². The van der Waals surface area contributed by atoms with E-state index in [0.29, 0.717) is 0 Å². The molecule has 0 spiro atoms. The number of para-hydroxylation sites is 1. The molecule has 0 unspecified atom stereocenters. The third-order valence-corrected chi connectivity index (χ3v) is 5.25. The van der Waals surface area contributed by atoms with Gasteiger partial charge in [-0.05, 0) is 30.2 Å². The fourth-order valence-corrected chi connectivity index (χ4v) is 3.70. The number of hydrogen-bond donors (Lipinski definition) is 0. The van der Waals surface area contributed by atoms with Gasteiger partial charge < -0.3 is 9.64 Å². The van der Waals surface area contributed by atoms with Crippen molar-refractivity contribution >= 4 is 16.6 Å². The molecule has 0 radical (unpaired) electrons. The number of hydrogen-bond acceptors (Lipinski definition) is 4. The van der Waals surface area contributed by atoms with E-state index in [2.05, 4.69) is 52.2 Å². The molecular weight excluding hydrogens is 372 g/mol. The lowest BCUT2D eigenvalue weighted by atomic mass is 10.1. The molecular formula is C25H22N4O. The molecule has 1 fully saturated rings. The summed E-state index contributed by atoms with van der Waals surface area (Å²) in [5.74, 6) is 6.40. The van der Waals surface area contributed by atoms with Gasteiger partial charge in [-0.3, -0.25) is 4.68 Å². The summed E-state index contributed by atoms with van der Waals surface area (Å²) in [6.45, 7) is 3.29. The van der Waals surface area contributed by atoms with E-state index in [1.54, 1.807) is 0 Å². The zero-order valence-electron chi connectivity index (χ0n) is 16.9. The van der Waals surface area contributed by atoms with Gasteiger partial charge in [-0.2, -0.15) is 5.10 Å². The number of nitrogens with zero attached hydrogens (tertiary/aromatic N) is 4. The number of pyridine rings is 1. The SMILES string of the molecule is Cn1cc(N2CCOCC2)c(-c2ccc(C#Cc3ccc4ccccc4n3)cc2)n1. The Morgan fingerprint density at radius 1 is 0.900 bits per heavy atom. The molecule has 4 aromatic rings. The molecule has 1 saturated heterocycles. The molecule has 148 valence electrons. The molecule has 0 bridgehead atoms. The summed E-state index contributed by atoms with van der Waals surface area (Å²) in [5, 5.41) is 5.82. The van der Waals surface area contributed by atoms with Crippen LogP contribution in [0.25, 0.3) is 22.2 Å². The largest absolute Gasteiger partial charge is 0.378 e. The second kappa shape index (κ2) is 8.02. The molecule has 30 heavy (non-hydrogen) atoms. The van der Waals surface area contributed by atoms with E-state index >= 15 is 0 Å². The first-order chi connectivity index (χ1) is 14.8. The van der Waals surface area contributed by atoms with Crippen molar-refractivity contribution in [1.29, 1.82) is 0 Å². The average Bonchev–Trinajstić information content (AvgIpc) is 3.20. The minimum absolute atomic E-state index is 0.756. The summed E-state index contributed by atoms with van der Waals surface area (Å²) in [7, 11) is 1.96. The lowest BCUT2D eigenvalue weighted by Crippen LogP contribution is -2.36. The number of benzene rings is 2. The minimum Gasteiger partial charge on any atom is -0.378 e. The Balaban J connectivity index is 1.39. The van der Waals surface area contributed by atoms with Crippen LogP contribution in [-0.4, -0.2) is 41.1 Å². The Kier molecular flexibility index (Phi) is 4.92. The number of anilines is 1. The normalized spacial score (nSPS) is 13.8. The number of aryl methyl sites for hydroxylation is 1. The number of rotatable bonds is 2. The van der Waals surface area contributed by atoms with Crippen LogP contribution in [-0.2, 0) is 11.8 Å². The van der Waals surface area contributed by atoms with E-state index < -0.39 is 0 Å². The standard InChI is InChI=1S/C25H22N4O/c1-28-18-24(29-14-16-30-17-15-29)25(27-28)21-9-6-19(7-10-21)8-12-22-13-11-20-4-2-3-5-23(20)26-22/h2-7,9-11,13,18H,14-17H2,1H3. The van der Waals surface area contributed by atoms with Crippen LogP contribution in [0.3, 0.4) is 0 Å². The summed E-state index contributed by atoms with van der Waals surface area (Å²) in [4.78, 5) is 6.96. The predicted molar refractivity (Wildman–Crippen MR) is 119 cm³/mol. The minimum atomic E-state index is 0.756. The lowest BCUT2D eigenvalue weighted by Gasteiger charge is -2.28. The molecule has 2 aromatic heterocycles. The molecule has 0 aliphatic carbocycles. The molecule has 1 aliphatic heterocycles. The Hall–Kier alpha value is -3.62. The highest BCUT2D eigenvalue weighted by Gasteiger charge is 2.18. The summed E-state index contributed by atoms with van der Waals surface area (Å²) >= 11 is 0. The van der Waals surface area contributed by atoms with Crippen LogP contribution in [0, 0.1) is 11.8 Å². The molecule has 3 heterocycles. The third kappa shape index (κ3) is 3.78. The highest BCUT2D eigenvalue weighted by Crippen LogP contribution is 2.30. The van der Waals surface area contributed by atoms with Crippen LogP contribution in [0.5, 0.6) is 0 Å². The van der Waals surface area contributed by atoms with Crippen LogP contribution in [0.1, 0.15) is 11.3 Å². The van der Waals surface area contributed by atoms with Gasteiger partial charge >= 0.3 is 0 Å². The van der Waals surface area contributed by atoms with Gasteiger partial charge in [0.15, 0.2) is 0 Å². The van der Waals surface area contributed by atoms with Crippen LogP contribution in [0.2, 0.25) is 0 Å². The second-order valence-electron chi connectivity index (χ2n) is 7.35. The van der Waals surface area contributed by atoms with Gasteiger partial charge in [0, 0.05) is 42.8 Å². The molecule has 0 N–H and O–H groups in total. The quantitative estimate of drug-likeness (QED) is 0.484. The molecule has 5 nitrogen and oxygen atoms in total. The van der Waals surface area contributed by atoms with Crippen LogP contribution < -0.4 is 4.90 Å². The van der Waals surface area contributed by atoms with Crippen molar-refractivity contribution < 1.29 is 4.74 Å². The smallest absolute Gasteiger partial charge is 0.116 e. The number of fused-ring (bicyclic) bond motifs is 1. The van der Waals surface area contributed by atoms with Crippen molar-refractivity contribution in [2.75, 3.05) is 31.2 Å². The highest BCUT2D eigenvalue weighted by molar-refractivity contribution is 5.79. The molecule has 2 aromatic carbocycles. The maximum Gasteiger partial charge on any atom is 0.116 e. The first-order valence-electron chi connectivity index (χ1n) is 10.1. The van der Waals surface area contributed by atoms with Crippen molar-refractivity contribution in [2.45, 2.75) is 0 Å². The van der Waals surface area contributed by atoms with Crippen molar-refractivity contribution in [2.24, 2.45) is 7.05 Å². The molecule has 0 saturated carbocycles. The van der Waals surface area contributed by atoms with Crippen molar-refractivity contribution in [3.63, 3.8) is 0 Å². The van der Waals surface area contributed by atoms with Gasteiger partial charge in [0.25, 0.3) is 0 Å². The van der Waals surface area contributed by atoms with Crippen molar-refractivity contribution in [3.8, 4) is 23.1 Å². The molecule has 5 heteroatoms. The first kappa shape index (κ1) is 18.4. The predicted octanol–water partition coefficient (Wildman–Crippen LogP) is 3.87. The van der Waals surface area contributed by atoms with E-state index in [1.165, 1.54) is 0 Å². The maximum atomic E-state index is 5.49. The maximum absolute atomic E-state index is 5.49. The molecule has 0 atom stereocenters. The van der Waals surface area contributed by atoms with Gasteiger partial charge in [0.1, 0.15) is 11.4 Å². The zero-order valence-corrected chi connectivity index (χ0v) is 16.9. The summed E-state index contributed by atoms with van der Waals surface area (Å²) < 4.78 is 7.36. The van der Waals surface area contributed by atoms with Gasteiger partial charge in [-0.25, -0.2) is 4.98 Å². The fourth-order valence-electron chi connectivity index (χ4n) is 3.70. The Bertz CT molecular complexity index is 1240. The second-order valence-corrected chi connectivity index (χ2v) is 7.35. The molecule has 5 rings (SSSR count). The van der Waals surface area contributed by atoms with Crippen molar-refractivity contribution in [3.05, 3.63) is 78.1 Å². The Morgan fingerprint density at radius 2 is 1.70 bits per heavy atom. The number of ether oxygens (including phenoxy) is 1. The fraction of sp³-hybridized carbons (Fsp3) is 0.200. The first-order valence-corrected chi connectivity index (χ1v) is 10.1. The number of aromatic nitrogens is 3. The Labute approximate surface area is 175 Å². The monoisotopic (exact) mass is 394 g/mol. The van der Waals surface area contributed by atoms with Crippen LogP contribution in [0.15, 0.2) is 66.9 Å².